The minimum absolute atomic E-state index is 0.139. The van der Waals surface area contributed by atoms with Gasteiger partial charge in [-0.05, 0) is 25.3 Å². The van der Waals surface area contributed by atoms with Crippen molar-refractivity contribution >= 4 is 40.2 Å². The Morgan fingerprint density at radius 1 is 1.31 bits per heavy atom. The van der Waals surface area contributed by atoms with Crippen LogP contribution < -0.4 is 10.1 Å². The van der Waals surface area contributed by atoms with Gasteiger partial charge in [0.15, 0.2) is 11.5 Å². The highest BCUT2D eigenvalue weighted by Crippen LogP contribution is 2.46. The maximum Gasteiger partial charge on any atom is 0.162 e. The molecule has 2 unspecified atom stereocenters. The van der Waals surface area contributed by atoms with Gasteiger partial charge in [0, 0.05) is 43.3 Å². The third-order valence-corrected chi connectivity index (χ3v) is 7.18. The minimum atomic E-state index is -0.139. The van der Waals surface area contributed by atoms with Crippen LogP contribution in [-0.2, 0) is 4.74 Å². The predicted molar refractivity (Wildman–Crippen MR) is 125 cm³/mol. The number of likely N-dealkylation sites (tertiary alicyclic amines) is 1. The van der Waals surface area contributed by atoms with E-state index < -0.39 is 0 Å². The van der Waals surface area contributed by atoms with E-state index in [0.29, 0.717) is 32.9 Å². The first-order valence-corrected chi connectivity index (χ1v) is 11.6. The highest BCUT2D eigenvalue weighted by Gasteiger charge is 2.36. The standard InChI is InChI=1S/C22H26Cl2N6O2/c1-12(29-22-19-21(26-10-25-19)27-11-28-22)15-5-16(23)18(24)17(20(15)31-2)14-7-30(8-14)6-13-3-4-32-9-13/h5,10-14H,3-4,6-9H2,1-2H3,(H2,25,26,27,28,29). The van der Waals surface area contributed by atoms with E-state index in [0.717, 1.165) is 56.1 Å². The Hall–Kier alpha value is -2.13. The van der Waals surface area contributed by atoms with E-state index in [2.05, 4.69) is 30.2 Å². The van der Waals surface area contributed by atoms with Gasteiger partial charge in [0.2, 0.25) is 0 Å². The number of methoxy groups -OCH3 is 1. The normalized spacial score (nSPS) is 20.4. The second kappa shape index (κ2) is 9.02. The molecule has 170 valence electrons. The van der Waals surface area contributed by atoms with Crippen LogP contribution in [0.1, 0.15) is 36.4 Å². The number of rotatable bonds is 7. The van der Waals surface area contributed by atoms with E-state index in [-0.39, 0.29) is 12.0 Å². The molecular weight excluding hydrogens is 451 g/mol. The molecule has 2 aromatic heterocycles. The van der Waals surface area contributed by atoms with Crippen LogP contribution in [0.25, 0.3) is 11.2 Å². The fourth-order valence-corrected chi connectivity index (χ4v) is 5.22. The first-order chi connectivity index (χ1) is 15.5. The molecule has 0 spiro atoms. The molecule has 2 fully saturated rings. The highest BCUT2D eigenvalue weighted by atomic mass is 35.5. The zero-order valence-corrected chi connectivity index (χ0v) is 19.6. The summed E-state index contributed by atoms with van der Waals surface area (Å²) in [5, 5.41) is 4.53. The van der Waals surface area contributed by atoms with Gasteiger partial charge in [-0.25, -0.2) is 15.0 Å². The lowest BCUT2D eigenvalue weighted by molar-refractivity contribution is 0.111. The molecule has 0 saturated carbocycles. The van der Waals surface area contributed by atoms with Crippen LogP contribution >= 0.6 is 23.2 Å². The lowest BCUT2D eigenvalue weighted by Crippen LogP contribution is -2.47. The molecule has 2 saturated heterocycles. The molecule has 5 rings (SSSR count). The van der Waals surface area contributed by atoms with Crippen molar-refractivity contribution in [1.82, 2.24) is 24.8 Å². The maximum absolute atomic E-state index is 6.70. The first-order valence-electron chi connectivity index (χ1n) is 10.8. The highest BCUT2D eigenvalue weighted by molar-refractivity contribution is 6.42. The van der Waals surface area contributed by atoms with Gasteiger partial charge in [0.1, 0.15) is 17.6 Å². The van der Waals surface area contributed by atoms with Gasteiger partial charge in [-0.2, -0.15) is 0 Å². The maximum atomic E-state index is 6.70. The van der Waals surface area contributed by atoms with E-state index in [9.17, 15) is 0 Å². The van der Waals surface area contributed by atoms with Gasteiger partial charge in [0.25, 0.3) is 0 Å². The average Bonchev–Trinajstić information content (AvgIpc) is 3.44. The van der Waals surface area contributed by atoms with Crippen LogP contribution in [0.5, 0.6) is 5.75 Å². The molecule has 10 heteroatoms. The first kappa shape index (κ1) is 21.7. The topological polar surface area (TPSA) is 88.2 Å². The van der Waals surface area contributed by atoms with Crippen molar-refractivity contribution in [1.29, 1.82) is 0 Å². The van der Waals surface area contributed by atoms with Crippen LogP contribution in [-0.4, -0.2) is 64.8 Å². The lowest BCUT2D eigenvalue weighted by atomic mass is 9.87. The van der Waals surface area contributed by atoms with Crippen LogP contribution in [0.4, 0.5) is 5.82 Å². The van der Waals surface area contributed by atoms with Gasteiger partial charge >= 0.3 is 0 Å². The summed E-state index contributed by atoms with van der Waals surface area (Å²) in [4.78, 5) is 18.3. The van der Waals surface area contributed by atoms with Gasteiger partial charge in [-0.3, -0.25) is 0 Å². The van der Waals surface area contributed by atoms with Crippen molar-refractivity contribution < 1.29 is 9.47 Å². The zero-order valence-electron chi connectivity index (χ0n) is 18.1. The van der Waals surface area contributed by atoms with Crippen molar-refractivity contribution in [2.24, 2.45) is 5.92 Å². The molecule has 0 aliphatic carbocycles. The van der Waals surface area contributed by atoms with Crippen LogP contribution in [0.3, 0.4) is 0 Å². The van der Waals surface area contributed by atoms with E-state index in [4.69, 9.17) is 32.7 Å². The Balaban J connectivity index is 1.39. The van der Waals surface area contributed by atoms with Crippen LogP contribution in [0.2, 0.25) is 10.0 Å². The molecule has 4 heterocycles. The summed E-state index contributed by atoms with van der Waals surface area (Å²) >= 11 is 13.3. The molecule has 3 aromatic rings. The fraction of sp³-hybridized carbons (Fsp3) is 0.500. The van der Waals surface area contributed by atoms with Crippen molar-refractivity contribution in [3.63, 3.8) is 0 Å². The SMILES string of the molecule is COc1c(C(C)Nc2ncnc3[nH]cnc23)cc(Cl)c(Cl)c1C1CN(CC2CCOC2)C1. The van der Waals surface area contributed by atoms with Gasteiger partial charge in [0.05, 0.1) is 36.1 Å². The molecule has 1 aromatic carbocycles. The Labute approximate surface area is 196 Å². The third-order valence-electron chi connectivity index (χ3n) is 6.38. The van der Waals surface area contributed by atoms with Gasteiger partial charge in [-0.1, -0.05) is 23.2 Å². The van der Waals surface area contributed by atoms with Crippen molar-refractivity contribution in [2.75, 3.05) is 45.3 Å². The molecule has 0 radical (unpaired) electrons. The third kappa shape index (κ3) is 4.01. The zero-order chi connectivity index (χ0) is 22.2. The molecular formula is C22H26Cl2N6O2. The number of nitrogens with one attached hydrogen (secondary N) is 2. The predicted octanol–water partition coefficient (Wildman–Crippen LogP) is 4.28. The number of anilines is 1. The number of H-pyrrole nitrogens is 1. The molecule has 32 heavy (non-hydrogen) atoms. The van der Waals surface area contributed by atoms with E-state index in [1.54, 1.807) is 13.4 Å². The summed E-state index contributed by atoms with van der Waals surface area (Å²) in [6, 6.07) is 1.74. The number of aromatic amines is 1. The number of imidazole rings is 1. The number of aromatic nitrogens is 4. The Bertz CT molecular complexity index is 1110. The summed E-state index contributed by atoms with van der Waals surface area (Å²) < 4.78 is 11.4. The quantitative estimate of drug-likeness (QED) is 0.525. The average molecular weight is 477 g/mol. The van der Waals surface area contributed by atoms with E-state index in [1.165, 1.54) is 6.33 Å². The Kier molecular flexibility index (Phi) is 6.11. The Morgan fingerprint density at radius 3 is 2.91 bits per heavy atom. The molecule has 8 nitrogen and oxygen atoms in total. The molecule has 2 N–H and O–H groups in total. The minimum Gasteiger partial charge on any atom is -0.496 e. The van der Waals surface area contributed by atoms with Gasteiger partial charge < -0.3 is 24.7 Å². The summed E-state index contributed by atoms with van der Waals surface area (Å²) in [5.41, 5.74) is 3.28. The summed E-state index contributed by atoms with van der Waals surface area (Å²) in [6.07, 6.45) is 4.25. The smallest absolute Gasteiger partial charge is 0.162 e. The molecule has 0 bridgehead atoms. The number of fused-ring (bicyclic) bond motifs is 1. The Morgan fingerprint density at radius 2 is 2.16 bits per heavy atom. The van der Waals surface area contributed by atoms with E-state index in [1.807, 2.05) is 13.0 Å². The fourth-order valence-electron chi connectivity index (χ4n) is 4.71. The number of ether oxygens (including phenoxy) is 2. The monoisotopic (exact) mass is 476 g/mol. The number of benzene rings is 1. The second-order valence-corrected chi connectivity index (χ2v) is 9.33. The van der Waals surface area contributed by atoms with Crippen molar-refractivity contribution in [3.05, 3.63) is 39.9 Å². The largest absolute Gasteiger partial charge is 0.496 e. The van der Waals surface area contributed by atoms with Crippen LogP contribution in [0.15, 0.2) is 18.7 Å². The summed E-state index contributed by atoms with van der Waals surface area (Å²) in [5.74, 6) is 2.33. The molecule has 2 aliphatic rings. The number of hydrogen-bond donors (Lipinski definition) is 2. The molecule has 2 aliphatic heterocycles. The second-order valence-electron chi connectivity index (χ2n) is 8.54. The lowest BCUT2D eigenvalue weighted by Gasteiger charge is -2.42. The molecule has 2 atom stereocenters. The molecule has 0 amide bonds. The number of halogens is 2. The van der Waals surface area contributed by atoms with E-state index >= 15 is 0 Å². The van der Waals surface area contributed by atoms with Gasteiger partial charge in [-0.15, -0.1) is 0 Å². The van der Waals surface area contributed by atoms with Crippen LogP contribution in [0, 0.1) is 5.92 Å². The summed E-state index contributed by atoms with van der Waals surface area (Å²) in [6.45, 7) is 6.72. The number of nitrogens with zero attached hydrogens (tertiary/aromatic N) is 4. The van der Waals surface area contributed by atoms with Crippen molar-refractivity contribution in [3.8, 4) is 5.75 Å². The summed E-state index contributed by atoms with van der Waals surface area (Å²) in [7, 11) is 1.68. The number of hydrogen-bond acceptors (Lipinski definition) is 7. The van der Waals surface area contributed by atoms with Crippen molar-refractivity contribution in [2.45, 2.75) is 25.3 Å².